The van der Waals surface area contributed by atoms with Gasteiger partial charge in [0.2, 0.25) is 23.6 Å². The largest absolute Gasteiger partial charge is 0.481 e. The molecule has 14 nitrogen and oxygen atoms in total. The summed E-state index contributed by atoms with van der Waals surface area (Å²) in [4.78, 5) is 83.3. The molecule has 4 saturated carbocycles. The van der Waals surface area contributed by atoms with Gasteiger partial charge in [-0.1, -0.05) is 76.6 Å². The summed E-state index contributed by atoms with van der Waals surface area (Å²) >= 11 is 0. The fourth-order valence-electron chi connectivity index (χ4n) is 9.93. The number of alkyl halides is 1. The van der Waals surface area contributed by atoms with E-state index in [1.54, 1.807) is 24.5 Å². The van der Waals surface area contributed by atoms with Gasteiger partial charge in [-0.2, -0.15) is 0 Å². The van der Waals surface area contributed by atoms with Crippen LogP contribution < -0.4 is 26.6 Å². The first-order valence-corrected chi connectivity index (χ1v) is 23.8. The smallest absolute Gasteiger partial charge is 0.303 e. The Labute approximate surface area is 372 Å². The maximum Gasteiger partial charge on any atom is 0.303 e. The van der Waals surface area contributed by atoms with Crippen molar-refractivity contribution in [1.82, 2.24) is 31.6 Å². The molecular weight excluding hydrogens is 808 g/mol. The minimum atomic E-state index is -1.35. The van der Waals surface area contributed by atoms with Gasteiger partial charge in [-0.3, -0.25) is 33.8 Å². The Bertz CT molecular complexity index is 1700. The number of pyridine rings is 1. The normalized spacial score (nSPS) is 25.4. The van der Waals surface area contributed by atoms with Crippen LogP contribution in [0.5, 0.6) is 0 Å². The van der Waals surface area contributed by atoms with Crippen LogP contribution in [-0.4, -0.2) is 95.7 Å². The summed E-state index contributed by atoms with van der Waals surface area (Å²) in [6.45, 7) is 1.64. The minimum absolute atomic E-state index is 0.00211. The van der Waals surface area contributed by atoms with Crippen molar-refractivity contribution < 1.29 is 43.0 Å². The highest BCUT2D eigenvalue weighted by atomic mass is 19.1. The molecule has 1 heterocycles. The number of carboxylic acids is 1. The van der Waals surface area contributed by atoms with Gasteiger partial charge in [0.1, 0.15) is 24.9 Å². The third-order valence-corrected chi connectivity index (χ3v) is 13.7. The number of ether oxygens (including phenoxy) is 1. The fraction of sp³-hybridized carbons (Fsp3) is 0.729. The molecule has 15 heteroatoms. The molecular formula is C48H71FN6O8. The number of aromatic nitrogens is 1. The summed E-state index contributed by atoms with van der Waals surface area (Å²) in [6, 6.07) is -0.307. The number of hydrogen-bond acceptors (Lipinski definition) is 8. The number of nitrogens with one attached hydrogen (secondary N) is 5. The van der Waals surface area contributed by atoms with Gasteiger partial charge < -0.3 is 36.4 Å². The SMILES string of the molecule is CC1CCC(OCC(=O)NC(C#Cc2ccncc2)C(=O)NC(CC2CCC(C3CCCCC3)CC2)C(=O)NC(CC2CCCCC2F)C(=O)NCC(=O)NCCCC(=O)O)CC1. The number of rotatable bonds is 20. The van der Waals surface area contributed by atoms with E-state index in [0.29, 0.717) is 36.7 Å². The molecule has 1 aromatic heterocycles. The highest BCUT2D eigenvalue weighted by Gasteiger charge is 2.36. The van der Waals surface area contributed by atoms with E-state index in [-0.39, 0.29) is 44.4 Å². The monoisotopic (exact) mass is 879 g/mol. The first kappa shape index (κ1) is 49.4. The predicted octanol–water partition coefficient (Wildman–Crippen LogP) is 5.28. The molecule has 4 aliphatic carbocycles. The van der Waals surface area contributed by atoms with E-state index in [1.165, 1.54) is 32.1 Å². The van der Waals surface area contributed by atoms with E-state index in [2.05, 4.69) is 50.3 Å². The molecule has 348 valence electrons. The molecule has 0 aliphatic heterocycles. The van der Waals surface area contributed by atoms with Crippen LogP contribution in [0.1, 0.15) is 147 Å². The van der Waals surface area contributed by atoms with Crippen LogP contribution in [0.15, 0.2) is 24.5 Å². The summed E-state index contributed by atoms with van der Waals surface area (Å²) in [5, 5.41) is 22.5. The van der Waals surface area contributed by atoms with Gasteiger partial charge in [-0.05, 0) is 112 Å². The van der Waals surface area contributed by atoms with Crippen LogP contribution in [0.2, 0.25) is 0 Å². The second kappa shape index (κ2) is 26.3. The molecule has 6 N–H and O–H groups in total. The molecule has 0 saturated heterocycles. The highest BCUT2D eigenvalue weighted by Crippen LogP contribution is 2.41. The summed E-state index contributed by atoms with van der Waals surface area (Å²) in [7, 11) is 0. The van der Waals surface area contributed by atoms with Crippen LogP contribution in [0.4, 0.5) is 4.39 Å². The van der Waals surface area contributed by atoms with Crippen molar-refractivity contribution >= 4 is 35.5 Å². The quantitative estimate of drug-likeness (QED) is 0.0745. The van der Waals surface area contributed by atoms with E-state index >= 15 is 4.39 Å². The number of aliphatic carboxylic acids is 1. The van der Waals surface area contributed by atoms with Crippen LogP contribution in [0.25, 0.3) is 0 Å². The number of hydrogen-bond donors (Lipinski definition) is 6. The van der Waals surface area contributed by atoms with Crippen molar-refractivity contribution in [3.8, 4) is 11.8 Å². The molecule has 0 bridgehead atoms. The molecule has 5 atom stereocenters. The maximum atomic E-state index is 15.3. The summed E-state index contributed by atoms with van der Waals surface area (Å²) < 4.78 is 21.2. The Morgan fingerprint density at radius 3 is 2.10 bits per heavy atom. The van der Waals surface area contributed by atoms with Gasteiger partial charge >= 0.3 is 5.97 Å². The first-order chi connectivity index (χ1) is 30.4. The van der Waals surface area contributed by atoms with Gasteiger partial charge in [0.25, 0.3) is 5.91 Å². The molecule has 63 heavy (non-hydrogen) atoms. The Morgan fingerprint density at radius 2 is 1.40 bits per heavy atom. The number of carbonyl (C=O) groups excluding carboxylic acids is 5. The second-order valence-electron chi connectivity index (χ2n) is 18.6. The zero-order valence-corrected chi connectivity index (χ0v) is 37.2. The lowest BCUT2D eigenvalue weighted by atomic mass is 9.70. The fourth-order valence-corrected chi connectivity index (χ4v) is 9.93. The van der Waals surface area contributed by atoms with E-state index < -0.39 is 72.3 Å². The van der Waals surface area contributed by atoms with Crippen molar-refractivity contribution in [3.63, 3.8) is 0 Å². The Kier molecular flexibility index (Phi) is 20.6. The molecule has 1 aromatic rings. The van der Waals surface area contributed by atoms with E-state index in [4.69, 9.17) is 9.84 Å². The van der Waals surface area contributed by atoms with Gasteiger partial charge in [0.15, 0.2) is 6.04 Å². The van der Waals surface area contributed by atoms with Gasteiger partial charge in [-0.15, -0.1) is 0 Å². The third-order valence-electron chi connectivity index (χ3n) is 13.7. The lowest BCUT2D eigenvalue weighted by Gasteiger charge is -2.37. The Balaban J connectivity index is 1.32. The van der Waals surface area contributed by atoms with Crippen molar-refractivity contribution in [2.24, 2.45) is 29.6 Å². The number of carbonyl (C=O) groups is 6. The number of halogens is 1. The first-order valence-electron chi connectivity index (χ1n) is 23.8. The molecule has 4 fully saturated rings. The molecule has 5 unspecified atom stereocenters. The summed E-state index contributed by atoms with van der Waals surface area (Å²) in [5.74, 6) is 3.40. The van der Waals surface area contributed by atoms with E-state index in [1.807, 2.05) is 0 Å². The van der Waals surface area contributed by atoms with Crippen LogP contribution in [0, 0.1) is 41.4 Å². The number of amides is 5. The van der Waals surface area contributed by atoms with Crippen LogP contribution in [-0.2, 0) is 33.5 Å². The zero-order valence-electron chi connectivity index (χ0n) is 37.2. The molecule has 5 amide bonds. The molecule has 0 aromatic carbocycles. The van der Waals surface area contributed by atoms with Gasteiger partial charge in [0.05, 0.1) is 12.6 Å². The standard InChI is InChI=1S/C48H71FN6O8/c1-32-13-20-38(21-14-32)63-31-44(57)53-40(22-17-33-23-26-50-27-24-33)47(61)54-41(28-34-15-18-36(19-16-34)35-8-3-2-4-9-35)48(62)55-42(29-37-10-5-6-11-39(37)49)46(60)52-30-43(56)51-25-7-12-45(58)59/h23-24,26-27,32,34-42H,2-16,18-21,25,28-31H2,1H3,(H,51,56)(H,52,60)(H,53,57)(H,54,61)(H,55,62)(H,58,59). The zero-order chi connectivity index (χ0) is 45.0. The summed E-state index contributed by atoms with van der Waals surface area (Å²) in [6.07, 6.45) is 18.7. The number of carboxylic acid groups (broad SMARTS) is 1. The lowest BCUT2D eigenvalue weighted by Crippen LogP contribution is -2.58. The summed E-state index contributed by atoms with van der Waals surface area (Å²) in [5.41, 5.74) is 0.574. The second-order valence-corrected chi connectivity index (χ2v) is 18.6. The molecule has 4 aliphatic rings. The maximum absolute atomic E-state index is 15.3. The Hall–Kier alpha value is -4.58. The topological polar surface area (TPSA) is 205 Å². The Morgan fingerprint density at radius 1 is 0.746 bits per heavy atom. The van der Waals surface area contributed by atoms with Crippen molar-refractivity contribution in [1.29, 1.82) is 0 Å². The van der Waals surface area contributed by atoms with Crippen molar-refractivity contribution in [2.75, 3.05) is 19.7 Å². The third kappa shape index (κ3) is 17.5. The van der Waals surface area contributed by atoms with Crippen LogP contribution >= 0.6 is 0 Å². The molecule has 0 radical (unpaired) electrons. The van der Waals surface area contributed by atoms with Crippen molar-refractivity contribution in [2.45, 2.75) is 172 Å². The van der Waals surface area contributed by atoms with E-state index in [9.17, 15) is 28.8 Å². The van der Waals surface area contributed by atoms with Gasteiger partial charge in [-0.25, -0.2) is 4.39 Å². The lowest BCUT2D eigenvalue weighted by molar-refractivity contribution is -0.137. The van der Waals surface area contributed by atoms with Crippen LogP contribution in [0.3, 0.4) is 0 Å². The van der Waals surface area contributed by atoms with Gasteiger partial charge in [0, 0.05) is 30.9 Å². The predicted molar refractivity (Wildman–Crippen MR) is 235 cm³/mol. The number of nitrogens with zero attached hydrogens (tertiary/aromatic N) is 1. The van der Waals surface area contributed by atoms with E-state index in [0.717, 1.165) is 70.1 Å². The minimum Gasteiger partial charge on any atom is -0.481 e. The average molecular weight is 879 g/mol. The molecule has 0 spiro atoms. The van der Waals surface area contributed by atoms with Crippen molar-refractivity contribution in [3.05, 3.63) is 30.1 Å². The highest BCUT2D eigenvalue weighted by molar-refractivity contribution is 5.96. The average Bonchev–Trinajstić information content (AvgIpc) is 3.29. The molecule has 5 rings (SSSR count).